The van der Waals surface area contributed by atoms with Crippen molar-refractivity contribution in [1.29, 1.82) is 0 Å². The van der Waals surface area contributed by atoms with Crippen LogP contribution in [0.5, 0.6) is 5.75 Å². The molecule has 0 fully saturated rings. The van der Waals surface area contributed by atoms with Gasteiger partial charge in [-0.25, -0.2) is 4.72 Å². The number of sulfonamides is 1. The third-order valence-corrected chi connectivity index (χ3v) is 5.45. The summed E-state index contributed by atoms with van der Waals surface area (Å²) >= 11 is 1.30. The molecule has 17 heteroatoms. The van der Waals surface area contributed by atoms with Crippen molar-refractivity contribution in [3.8, 4) is 5.75 Å². The van der Waals surface area contributed by atoms with Gasteiger partial charge < -0.3 is 9.47 Å². The van der Waals surface area contributed by atoms with Crippen LogP contribution in [-0.4, -0.2) is 57.4 Å². The van der Waals surface area contributed by atoms with E-state index in [1.807, 2.05) is 0 Å². The lowest BCUT2D eigenvalue weighted by atomic mass is 10.1. The van der Waals surface area contributed by atoms with Crippen LogP contribution >= 0.6 is 22.6 Å². The van der Waals surface area contributed by atoms with Crippen molar-refractivity contribution in [3.05, 3.63) is 27.3 Å². The first kappa shape index (κ1) is 28.5. The Labute approximate surface area is 188 Å². The number of carbonyl (C=O) groups excluding carboxylic acids is 1. The Bertz CT molecular complexity index is 938. The molecule has 0 spiro atoms. The fourth-order valence-electron chi connectivity index (χ4n) is 1.85. The molecule has 0 unspecified atom stereocenters. The molecule has 0 heterocycles. The highest BCUT2D eigenvalue weighted by molar-refractivity contribution is 14.1. The van der Waals surface area contributed by atoms with E-state index in [4.69, 9.17) is 0 Å². The average molecular weight is 617 g/mol. The van der Waals surface area contributed by atoms with Crippen molar-refractivity contribution >= 4 is 38.5 Å². The number of rotatable bonds is 10. The summed E-state index contributed by atoms with van der Waals surface area (Å²) in [6.07, 6.45) is 0. The zero-order valence-corrected chi connectivity index (χ0v) is 18.6. The van der Waals surface area contributed by atoms with E-state index in [0.717, 1.165) is 4.72 Å². The van der Waals surface area contributed by atoms with Gasteiger partial charge in [0.25, 0.3) is 5.91 Å². The fourth-order valence-corrected chi connectivity index (χ4v) is 2.99. The maximum atomic E-state index is 13.8. The molecular weight excluding hydrogens is 604 g/mol. The highest BCUT2D eigenvalue weighted by Crippen LogP contribution is 2.46. The topological polar surface area (TPSA) is 81.7 Å². The Morgan fingerprint density at radius 3 is 2.00 bits per heavy atom. The number of benzene rings is 1. The molecule has 0 radical (unpaired) electrons. The summed E-state index contributed by atoms with van der Waals surface area (Å²) < 4.78 is 150. The Morgan fingerprint density at radius 1 is 1.00 bits per heavy atom. The molecule has 0 atom stereocenters. The minimum atomic E-state index is -6.03. The number of hydrogen-bond donors (Lipinski definition) is 1. The summed E-state index contributed by atoms with van der Waals surface area (Å²) in [4.78, 5) is 11.7. The van der Waals surface area contributed by atoms with E-state index in [9.17, 15) is 52.7 Å². The minimum Gasteiger partial charge on any atom is -0.486 e. The lowest BCUT2D eigenvalue weighted by Crippen LogP contribution is -2.58. The Morgan fingerprint density at radius 2 is 1.53 bits per heavy atom. The fraction of sp³-hybridized carbons (Fsp3) is 0.533. The first-order chi connectivity index (χ1) is 14.3. The lowest BCUT2D eigenvalue weighted by Gasteiger charge is -2.32. The summed E-state index contributed by atoms with van der Waals surface area (Å²) in [5.74, 6) is -18.8. The molecular formula is C15H13F9INO5S. The van der Waals surface area contributed by atoms with Gasteiger partial charge in [-0.3, -0.25) is 4.79 Å². The summed E-state index contributed by atoms with van der Waals surface area (Å²) in [5, 5.41) is 0. The third kappa shape index (κ3) is 6.30. The van der Waals surface area contributed by atoms with E-state index in [1.54, 1.807) is 0 Å². The van der Waals surface area contributed by atoms with Gasteiger partial charge in [-0.15, -0.1) is 0 Å². The van der Waals surface area contributed by atoms with Gasteiger partial charge in [0, 0.05) is 12.2 Å². The molecule has 1 rings (SSSR count). The molecule has 0 aliphatic heterocycles. The Kier molecular flexibility index (Phi) is 8.72. The van der Waals surface area contributed by atoms with Gasteiger partial charge in [0.05, 0.1) is 3.57 Å². The van der Waals surface area contributed by atoms with Crippen LogP contribution in [0.25, 0.3) is 0 Å². The zero-order valence-electron chi connectivity index (χ0n) is 15.6. The van der Waals surface area contributed by atoms with Gasteiger partial charge in [-0.1, -0.05) is 0 Å². The molecule has 32 heavy (non-hydrogen) atoms. The number of halogens is 10. The van der Waals surface area contributed by atoms with Crippen LogP contribution in [-0.2, 0) is 14.8 Å². The van der Waals surface area contributed by atoms with Crippen molar-refractivity contribution < 1.29 is 62.2 Å². The Hall–Kier alpha value is -1.50. The van der Waals surface area contributed by atoms with Crippen LogP contribution in [0, 0.1) is 3.57 Å². The summed E-state index contributed by atoms with van der Waals surface area (Å²) in [7, 11) is -6.03. The number of alkyl halides is 9. The summed E-state index contributed by atoms with van der Waals surface area (Å²) in [6.45, 7) is -3.46. The molecule has 0 saturated carbocycles. The first-order valence-corrected chi connectivity index (χ1v) is 10.6. The second kappa shape index (κ2) is 9.78. The summed E-state index contributed by atoms with van der Waals surface area (Å²) in [6, 6.07) is 2.00. The predicted octanol–water partition coefficient (Wildman–Crippen LogP) is 4.19. The first-order valence-electron chi connectivity index (χ1n) is 8.06. The van der Waals surface area contributed by atoms with Crippen molar-refractivity contribution in [3.63, 3.8) is 0 Å². The quantitative estimate of drug-likeness (QED) is 0.315. The number of nitrogens with one attached hydrogen (secondary N) is 1. The monoisotopic (exact) mass is 617 g/mol. The van der Waals surface area contributed by atoms with Crippen LogP contribution in [0.15, 0.2) is 18.2 Å². The van der Waals surface area contributed by atoms with Crippen LogP contribution in [0.1, 0.15) is 17.3 Å². The number of carbonyl (C=O) groups is 1. The smallest absolute Gasteiger partial charge is 0.486 e. The number of hydrogen-bond acceptors (Lipinski definition) is 5. The maximum absolute atomic E-state index is 13.8. The van der Waals surface area contributed by atoms with Gasteiger partial charge >= 0.3 is 33.3 Å². The molecule has 0 saturated heterocycles. The SMILES string of the molecule is CCOCC(F)(F)C(F)(F)C(F)(F)COc1ccc(C(=O)NS(=O)(=O)C(F)(F)F)cc1I. The van der Waals surface area contributed by atoms with E-state index in [2.05, 4.69) is 9.47 Å². The average Bonchev–Trinajstić information content (AvgIpc) is 2.63. The predicted molar refractivity (Wildman–Crippen MR) is 98.4 cm³/mol. The van der Waals surface area contributed by atoms with Gasteiger partial charge in [0.15, 0.2) is 6.61 Å². The van der Waals surface area contributed by atoms with Crippen LogP contribution in [0.3, 0.4) is 0 Å². The largest absolute Gasteiger partial charge is 0.516 e. The van der Waals surface area contributed by atoms with E-state index in [0.29, 0.717) is 18.2 Å². The second-order valence-electron chi connectivity index (χ2n) is 5.93. The van der Waals surface area contributed by atoms with Crippen molar-refractivity contribution in [2.45, 2.75) is 30.2 Å². The molecule has 0 bridgehead atoms. The molecule has 6 nitrogen and oxygen atoms in total. The number of ether oxygens (including phenoxy) is 2. The van der Waals surface area contributed by atoms with Crippen molar-refractivity contribution in [2.75, 3.05) is 19.8 Å². The molecule has 1 amide bonds. The highest BCUT2D eigenvalue weighted by Gasteiger charge is 2.71. The molecule has 0 aliphatic carbocycles. The van der Waals surface area contributed by atoms with Crippen LogP contribution < -0.4 is 9.46 Å². The van der Waals surface area contributed by atoms with Gasteiger partial charge in [0.1, 0.15) is 12.4 Å². The molecule has 0 aromatic heterocycles. The van der Waals surface area contributed by atoms with Crippen LogP contribution in [0.2, 0.25) is 0 Å². The molecule has 0 aliphatic rings. The van der Waals surface area contributed by atoms with Crippen molar-refractivity contribution in [2.24, 2.45) is 0 Å². The van der Waals surface area contributed by atoms with E-state index >= 15 is 0 Å². The van der Waals surface area contributed by atoms with E-state index in [1.165, 1.54) is 29.5 Å². The number of amides is 1. The molecule has 1 N–H and O–H groups in total. The normalized spacial score (nSPS) is 13.7. The van der Waals surface area contributed by atoms with Gasteiger partial charge in [-0.05, 0) is 47.7 Å². The summed E-state index contributed by atoms with van der Waals surface area (Å²) in [5.41, 5.74) is -6.48. The Balaban J connectivity index is 2.98. The minimum absolute atomic E-state index is 0.306. The second-order valence-corrected chi connectivity index (χ2v) is 8.77. The lowest BCUT2D eigenvalue weighted by molar-refractivity contribution is -0.324. The molecule has 184 valence electrons. The van der Waals surface area contributed by atoms with E-state index in [-0.39, 0.29) is 3.57 Å². The van der Waals surface area contributed by atoms with Gasteiger partial charge in [0.2, 0.25) is 0 Å². The molecule has 1 aromatic rings. The van der Waals surface area contributed by atoms with Gasteiger partial charge in [-0.2, -0.15) is 47.9 Å². The van der Waals surface area contributed by atoms with Crippen LogP contribution in [0.4, 0.5) is 39.5 Å². The standard InChI is InChI=1S/C15H13F9INO5S/c1-2-30-6-12(16,17)14(20,21)13(18,19)7-31-10-4-3-8(5-9(10)25)11(27)26-32(28,29)15(22,23)24/h3-5H,2,6-7H2,1H3,(H,26,27). The maximum Gasteiger partial charge on any atom is 0.516 e. The third-order valence-electron chi connectivity index (χ3n) is 3.54. The zero-order chi connectivity index (χ0) is 25.2. The highest BCUT2D eigenvalue weighted by atomic mass is 127. The molecule has 1 aromatic carbocycles. The van der Waals surface area contributed by atoms with Crippen molar-refractivity contribution in [1.82, 2.24) is 4.72 Å². The van der Waals surface area contributed by atoms with E-state index < -0.39 is 70.3 Å².